The van der Waals surface area contributed by atoms with Crippen LogP contribution in [0.3, 0.4) is 0 Å². The Morgan fingerprint density at radius 1 is 1.10 bits per heavy atom. The molecule has 0 atom stereocenters. The molecule has 0 unspecified atom stereocenters. The Kier molecular flexibility index (Phi) is 8.99. The minimum atomic E-state index is -0.628. The van der Waals surface area contributed by atoms with Crippen molar-refractivity contribution >= 4 is 24.0 Å². The predicted molar refractivity (Wildman–Crippen MR) is 109 cm³/mol. The van der Waals surface area contributed by atoms with Crippen LogP contribution in [0, 0.1) is 0 Å². The molecule has 0 spiro atoms. The standard InChI is InChI=1S/C21H28N2O7/c1-4-29-21(26)23-11-9-16(10-12-23)22-19(24)14-30-20(25)8-6-15-5-7-17(27-2)18(13-15)28-3/h5-8,13,16H,4,9-12,14H2,1-3H3,(H,22,24)/b8-6+. The van der Waals surface area contributed by atoms with Gasteiger partial charge in [0, 0.05) is 25.2 Å². The summed E-state index contributed by atoms with van der Waals surface area (Å²) in [6.45, 7) is 2.75. The largest absolute Gasteiger partial charge is 0.493 e. The van der Waals surface area contributed by atoms with Gasteiger partial charge in [-0.3, -0.25) is 4.79 Å². The van der Waals surface area contributed by atoms with Crippen LogP contribution < -0.4 is 14.8 Å². The quantitative estimate of drug-likeness (QED) is 0.507. The minimum Gasteiger partial charge on any atom is -0.493 e. The number of carbonyl (C=O) groups excluding carboxylic acids is 3. The van der Waals surface area contributed by atoms with Crippen molar-refractivity contribution in [3.63, 3.8) is 0 Å². The molecule has 1 saturated heterocycles. The van der Waals surface area contributed by atoms with Gasteiger partial charge in [0.2, 0.25) is 0 Å². The van der Waals surface area contributed by atoms with Gasteiger partial charge >= 0.3 is 12.1 Å². The number of methoxy groups -OCH3 is 2. The van der Waals surface area contributed by atoms with Crippen LogP contribution in [0.5, 0.6) is 11.5 Å². The molecule has 2 amide bonds. The Bertz CT molecular complexity index is 771. The molecular weight excluding hydrogens is 392 g/mol. The summed E-state index contributed by atoms with van der Waals surface area (Å²) in [7, 11) is 3.07. The van der Waals surface area contributed by atoms with E-state index in [4.69, 9.17) is 18.9 Å². The first-order valence-corrected chi connectivity index (χ1v) is 9.74. The number of amides is 2. The third-order valence-corrected chi connectivity index (χ3v) is 4.55. The Morgan fingerprint density at radius 2 is 1.80 bits per heavy atom. The third-order valence-electron chi connectivity index (χ3n) is 4.55. The third kappa shape index (κ3) is 6.98. The molecule has 2 rings (SSSR count). The molecule has 0 aliphatic carbocycles. The first-order chi connectivity index (χ1) is 14.5. The van der Waals surface area contributed by atoms with Gasteiger partial charge in [0.05, 0.1) is 20.8 Å². The van der Waals surface area contributed by atoms with Crippen molar-refractivity contribution in [3.05, 3.63) is 29.8 Å². The molecule has 9 nitrogen and oxygen atoms in total. The lowest BCUT2D eigenvalue weighted by atomic mass is 10.1. The van der Waals surface area contributed by atoms with Crippen molar-refractivity contribution in [2.45, 2.75) is 25.8 Å². The van der Waals surface area contributed by atoms with Gasteiger partial charge in [-0.15, -0.1) is 0 Å². The molecule has 1 aliphatic heterocycles. The Labute approximate surface area is 175 Å². The van der Waals surface area contributed by atoms with Crippen LogP contribution in [0.1, 0.15) is 25.3 Å². The fourth-order valence-electron chi connectivity index (χ4n) is 3.00. The Morgan fingerprint density at radius 3 is 2.43 bits per heavy atom. The molecular formula is C21H28N2O7. The Hall–Kier alpha value is -3.23. The van der Waals surface area contributed by atoms with E-state index >= 15 is 0 Å². The van der Waals surface area contributed by atoms with Gasteiger partial charge in [0.15, 0.2) is 18.1 Å². The molecule has 1 aliphatic rings. The molecule has 164 valence electrons. The molecule has 1 N–H and O–H groups in total. The zero-order valence-corrected chi connectivity index (χ0v) is 17.5. The molecule has 0 aromatic heterocycles. The van der Waals surface area contributed by atoms with E-state index in [1.165, 1.54) is 13.2 Å². The van der Waals surface area contributed by atoms with Crippen molar-refractivity contribution in [1.82, 2.24) is 10.2 Å². The highest BCUT2D eigenvalue weighted by Crippen LogP contribution is 2.27. The lowest BCUT2D eigenvalue weighted by Gasteiger charge is -2.31. The second-order valence-electron chi connectivity index (χ2n) is 6.58. The summed E-state index contributed by atoms with van der Waals surface area (Å²) in [5.74, 6) is 0.123. The molecule has 1 heterocycles. The summed E-state index contributed by atoms with van der Waals surface area (Å²) in [5.41, 5.74) is 0.724. The first kappa shape index (κ1) is 23.1. The first-order valence-electron chi connectivity index (χ1n) is 9.74. The number of hydrogen-bond donors (Lipinski definition) is 1. The highest BCUT2D eigenvalue weighted by molar-refractivity contribution is 5.89. The van der Waals surface area contributed by atoms with E-state index in [0.717, 1.165) is 5.56 Å². The number of hydrogen-bond acceptors (Lipinski definition) is 7. The summed E-state index contributed by atoms with van der Waals surface area (Å²) in [6.07, 6.45) is 3.71. The van der Waals surface area contributed by atoms with E-state index in [1.807, 2.05) is 0 Å². The van der Waals surface area contributed by atoms with Gasteiger partial charge in [-0.25, -0.2) is 9.59 Å². The second kappa shape index (κ2) is 11.7. The Balaban J connectivity index is 1.73. The van der Waals surface area contributed by atoms with E-state index < -0.39 is 5.97 Å². The molecule has 1 aromatic rings. The van der Waals surface area contributed by atoms with Crippen molar-refractivity contribution in [2.24, 2.45) is 0 Å². The number of nitrogens with zero attached hydrogens (tertiary/aromatic N) is 1. The monoisotopic (exact) mass is 420 g/mol. The van der Waals surface area contributed by atoms with Crippen molar-refractivity contribution < 1.29 is 33.3 Å². The summed E-state index contributed by atoms with van der Waals surface area (Å²) < 4.78 is 20.3. The van der Waals surface area contributed by atoms with Gasteiger partial charge in [-0.05, 0) is 43.5 Å². The molecule has 1 fully saturated rings. The van der Waals surface area contributed by atoms with Crippen LogP contribution in [0.15, 0.2) is 24.3 Å². The van der Waals surface area contributed by atoms with Gasteiger partial charge in [-0.1, -0.05) is 6.07 Å². The maximum atomic E-state index is 12.0. The highest BCUT2D eigenvalue weighted by atomic mass is 16.6. The van der Waals surface area contributed by atoms with E-state index in [-0.39, 0.29) is 24.6 Å². The SMILES string of the molecule is CCOC(=O)N1CCC(NC(=O)COC(=O)/C=C/c2ccc(OC)c(OC)c2)CC1. The van der Waals surface area contributed by atoms with Crippen molar-refractivity contribution in [1.29, 1.82) is 0 Å². The highest BCUT2D eigenvalue weighted by Gasteiger charge is 2.24. The molecule has 30 heavy (non-hydrogen) atoms. The van der Waals surface area contributed by atoms with E-state index in [1.54, 1.807) is 43.2 Å². The number of ether oxygens (including phenoxy) is 4. The molecule has 0 bridgehead atoms. The van der Waals surface area contributed by atoms with Crippen LogP contribution >= 0.6 is 0 Å². The van der Waals surface area contributed by atoms with Crippen LogP contribution in [-0.4, -0.2) is 69.4 Å². The topological polar surface area (TPSA) is 103 Å². The van der Waals surface area contributed by atoms with Gasteiger partial charge in [0.25, 0.3) is 5.91 Å². The van der Waals surface area contributed by atoms with E-state index in [2.05, 4.69) is 5.32 Å². The number of benzene rings is 1. The maximum Gasteiger partial charge on any atom is 0.409 e. The fourth-order valence-corrected chi connectivity index (χ4v) is 3.00. The van der Waals surface area contributed by atoms with Gasteiger partial charge in [0.1, 0.15) is 0 Å². The summed E-state index contributed by atoms with van der Waals surface area (Å²) in [5, 5.41) is 2.82. The molecule has 1 aromatic carbocycles. The van der Waals surface area contributed by atoms with Gasteiger partial charge in [-0.2, -0.15) is 0 Å². The lowest BCUT2D eigenvalue weighted by molar-refractivity contribution is -0.144. The average Bonchev–Trinajstić information content (AvgIpc) is 2.76. The molecule has 0 radical (unpaired) electrons. The van der Waals surface area contributed by atoms with Crippen LogP contribution in [-0.2, 0) is 19.1 Å². The number of nitrogens with one attached hydrogen (secondary N) is 1. The fraction of sp³-hybridized carbons (Fsp3) is 0.476. The van der Waals surface area contributed by atoms with Gasteiger partial charge < -0.3 is 29.2 Å². The minimum absolute atomic E-state index is 0.0656. The number of rotatable bonds is 8. The van der Waals surface area contributed by atoms with Crippen LogP contribution in [0.25, 0.3) is 6.08 Å². The normalized spacial score (nSPS) is 14.3. The van der Waals surface area contributed by atoms with Crippen molar-refractivity contribution in [3.8, 4) is 11.5 Å². The number of piperidine rings is 1. The van der Waals surface area contributed by atoms with E-state index in [9.17, 15) is 14.4 Å². The number of esters is 1. The molecule has 9 heteroatoms. The zero-order valence-electron chi connectivity index (χ0n) is 17.5. The summed E-state index contributed by atoms with van der Waals surface area (Å²) in [4.78, 5) is 37.2. The summed E-state index contributed by atoms with van der Waals surface area (Å²) in [6, 6.07) is 5.15. The number of carbonyl (C=O) groups is 3. The van der Waals surface area contributed by atoms with Crippen LogP contribution in [0.4, 0.5) is 4.79 Å². The smallest absolute Gasteiger partial charge is 0.409 e. The van der Waals surface area contributed by atoms with E-state index in [0.29, 0.717) is 44.0 Å². The average molecular weight is 420 g/mol. The predicted octanol–water partition coefficient (Wildman–Crippen LogP) is 2.00. The van der Waals surface area contributed by atoms with Crippen LogP contribution in [0.2, 0.25) is 0 Å². The maximum absolute atomic E-state index is 12.0. The lowest BCUT2D eigenvalue weighted by Crippen LogP contribution is -2.47. The molecule has 0 saturated carbocycles. The van der Waals surface area contributed by atoms with Crippen molar-refractivity contribution in [2.75, 3.05) is 40.5 Å². The summed E-state index contributed by atoms with van der Waals surface area (Å²) >= 11 is 0. The number of likely N-dealkylation sites (tertiary alicyclic amines) is 1. The zero-order chi connectivity index (χ0) is 21.9. The second-order valence-corrected chi connectivity index (χ2v) is 6.58.